The number of sulfone groups is 1. The van der Waals surface area contributed by atoms with Gasteiger partial charge in [0.05, 0.1) is 22.0 Å². The normalized spacial score (nSPS) is 11.2. The molecule has 1 aromatic carbocycles. The molecular formula is C16H16ClNO5S2. The molecule has 1 heterocycles. The molecule has 2 aromatic rings. The molecule has 0 saturated carbocycles. The van der Waals surface area contributed by atoms with E-state index in [4.69, 9.17) is 16.3 Å². The van der Waals surface area contributed by atoms with Crippen molar-refractivity contribution in [1.82, 2.24) is 4.90 Å². The molecule has 0 aliphatic heterocycles. The van der Waals surface area contributed by atoms with Crippen molar-refractivity contribution >= 4 is 44.7 Å². The van der Waals surface area contributed by atoms with Gasteiger partial charge in [0.1, 0.15) is 0 Å². The Morgan fingerprint density at radius 3 is 2.60 bits per heavy atom. The first-order valence-electron chi connectivity index (χ1n) is 7.11. The smallest absolute Gasteiger partial charge is 0.340 e. The van der Waals surface area contributed by atoms with Crippen molar-refractivity contribution in [3.05, 3.63) is 51.2 Å². The number of nitrogens with zero attached hydrogens (tertiary/aromatic N) is 1. The second-order valence-electron chi connectivity index (χ2n) is 5.32. The monoisotopic (exact) mass is 401 g/mol. The van der Waals surface area contributed by atoms with E-state index in [9.17, 15) is 18.0 Å². The lowest BCUT2D eigenvalue weighted by molar-refractivity contribution is -0.133. The fraction of sp³-hybridized carbons (Fsp3) is 0.250. The van der Waals surface area contributed by atoms with E-state index in [1.165, 1.54) is 28.4 Å². The van der Waals surface area contributed by atoms with Gasteiger partial charge in [0.2, 0.25) is 0 Å². The van der Waals surface area contributed by atoms with Gasteiger partial charge in [-0.15, -0.1) is 11.3 Å². The maximum atomic E-state index is 12.1. The molecule has 0 aliphatic rings. The van der Waals surface area contributed by atoms with Crippen molar-refractivity contribution < 1.29 is 22.7 Å². The van der Waals surface area contributed by atoms with Crippen LogP contribution >= 0.6 is 22.9 Å². The zero-order valence-corrected chi connectivity index (χ0v) is 16.0. The number of hydrogen-bond donors (Lipinski definition) is 0. The molecule has 2 rings (SSSR count). The molecule has 1 aromatic heterocycles. The molecule has 0 atom stereocenters. The first kappa shape index (κ1) is 19.4. The Bertz CT molecular complexity index is 878. The fourth-order valence-electron chi connectivity index (χ4n) is 1.93. The van der Waals surface area contributed by atoms with Gasteiger partial charge in [-0.1, -0.05) is 17.7 Å². The maximum Gasteiger partial charge on any atom is 0.340 e. The summed E-state index contributed by atoms with van der Waals surface area (Å²) in [6.45, 7) is -0.0431. The molecule has 134 valence electrons. The van der Waals surface area contributed by atoms with Crippen LogP contribution < -0.4 is 0 Å². The number of ether oxygens (including phenoxy) is 1. The lowest BCUT2D eigenvalue weighted by atomic mass is 10.2. The molecule has 0 unspecified atom stereocenters. The Balaban J connectivity index is 2.01. The van der Waals surface area contributed by atoms with Crippen LogP contribution in [0.15, 0.2) is 40.6 Å². The highest BCUT2D eigenvalue weighted by Gasteiger charge is 2.19. The van der Waals surface area contributed by atoms with Gasteiger partial charge in [-0.05, 0) is 29.6 Å². The summed E-state index contributed by atoms with van der Waals surface area (Å²) in [5, 5.41) is 1.96. The van der Waals surface area contributed by atoms with Crippen LogP contribution in [0.4, 0.5) is 0 Å². The second-order valence-corrected chi connectivity index (χ2v) is 8.77. The van der Waals surface area contributed by atoms with Gasteiger partial charge < -0.3 is 9.64 Å². The zero-order chi connectivity index (χ0) is 18.6. The summed E-state index contributed by atoms with van der Waals surface area (Å²) in [5.74, 6) is -1.23. The van der Waals surface area contributed by atoms with Gasteiger partial charge in [-0.25, -0.2) is 13.2 Å². The Hall–Kier alpha value is -1.90. The quantitative estimate of drug-likeness (QED) is 0.695. The molecule has 0 radical (unpaired) electrons. The molecule has 6 nitrogen and oxygen atoms in total. The lowest BCUT2D eigenvalue weighted by Crippen LogP contribution is -2.30. The Morgan fingerprint density at radius 2 is 2.00 bits per heavy atom. The number of rotatable bonds is 6. The number of carbonyl (C=O) groups is 2. The maximum absolute atomic E-state index is 12.1. The van der Waals surface area contributed by atoms with Gasteiger partial charge in [-0.2, -0.15) is 0 Å². The topological polar surface area (TPSA) is 80.8 Å². The molecule has 0 bridgehead atoms. The van der Waals surface area contributed by atoms with Crippen molar-refractivity contribution in [2.45, 2.75) is 11.4 Å². The number of amides is 1. The highest BCUT2D eigenvalue weighted by atomic mass is 35.5. The van der Waals surface area contributed by atoms with Crippen LogP contribution in [0.1, 0.15) is 15.2 Å². The minimum atomic E-state index is -3.49. The van der Waals surface area contributed by atoms with Gasteiger partial charge in [0.15, 0.2) is 16.4 Å². The van der Waals surface area contributed by atoms with Crippen molar-refractivity contribution in [3.8, 4) is 0 Å². The molecule has 25 heavy (non-hydrogen) atoms. The van der Waals surface area contributed by atoms with Crippen LogP contribution in [0.5, 0.6) is 0 Å². The second kappa shape index (κ2) is 7.99. The average molecular weight is 402 g/mol. The van der Waals surface area contributed by atoms with Crippen molar-refractivity contribution in [1.29, 1.82) is 0 Å². The first-order chi connectivity index (χ1) is 11.7. The predicted octanol–water partition coefficient (Wildman–Crippen LogP) is 2.62. The Kier molecular flexibility index (Phi) is 6.21. The van der Waals surface area contributed by atoms with Gasteiger partial charge in [0.25, 0.3) is 5.91 Å². The zero-order valence-electron chi connectivity index (χ0n) is 13.6. The number of halogens is 1. The van der Waals surface area contributed by atoms with Crippen LogP contribution in [0.3, 0.4) is 0 Å². The van der Waals surface area contributed by atoms with Gasteiger partial charge in [-0.3, -0.25) is 4.79 Å². The fourth-order valence-corrected chi connectivity index (χ4v) is 3.53. The molecule has 0 aliphatic carbocycles. The summed E-state index contributed by atoms with van der Waals surface area (Å²) in [6, 6.07) is 7.53. The first-order valence-corrected chi connectivity index (χ1v) is 10.3. The van der Waals surface area contributed by atoms with Crippen molar-refractivity contribution in [3.63, 3.8) is 0 Å². The van der Waals surface area contributed by atoms with E-state index in [0.717, 1.165) is 17.2 Å². The van der Waals surface area contributed by atoms with E-state index >= 15 is 0 Å². The number of thiophene rings is 1. The molecular weight excluding hydrogens is 386 g/mol. The summed E-state index contributed by atoms with van der Waals surface area (Å²) in [5.41, 5.74) is -0.0988. The Labute approximate surface area is 154 Å². The van der Waals surface area contributed by atoms with Crippen LogP contribution in [0, 0.1) is 0 Å². The van der Waals surface area contributed by atoms with Gasteiger partial charge >= 0.3 is 5.97 Å². The number of esters is 1. The van der Waals surface area contributed by atoms with Crippen LogP contribution in [0.2, 0.25) is 5.02 Å². The van der Waals surface area contributed by atoms with E-state index < -0.39 is 22.4 Å². The van der Waals surface area contributed by atoms with Crippen molar-refractivity contribution in [2.24, 2.45) is 0 Å². The summed E-state index contributed by atoms with van der Waals surface area (Å²) < 4.78 is 28.1. The molecule has 0 fully saturated rings. The number of likely N-dealkylation sites (N-methyl/N-ethyl adjacent to an activating group) is 1. The van der Waals surface area contributed by atoms with Crippen LogP contribution in [-0.4, -0.2) is 45.1 Å². The van der Waals surface area contributed by atoms with E-state index in [-0.39, 0.29) is 21.4 Å². The minimum Gasteiger partial charge on any atom is -0.452 e. The number of carbonyl (C=O) groups excluding carboxylic acids is 2. The minimum absolute atomic E-state index is 0.0509. The largest absolute Gasteiger partial charge is 0.452 e. The SMILES string of the molecule is CN(Cc1cccs1)C(=O)COC(=O)c1cc(S(C)(=O)=O)ccc1Cl. The summed E-state index contributed by atoms with van der Waals surface area (Å²) in [7, 11) is -1.89. The van der Waals surface area contributed by atoms with E-state index in [0.29, 0.717) is 6.54 Å². The summed E-state index contributed by atoms with van der Waals surface area (Å²) in [6.07, 6.45) is 1.02. The number of hydrogen-bond acceptors (Lipinski definition) is 6. The van der Waals surface area contributed by atoms with E-state index in [2.05, 4.69) is 0 Å². The van der Waals surface area contributed by atoms with Crippen molar-refractivity contribution in [2.75, 3.05) is 19.9 Å². The number of benzene rings is 1. The Morgan fingerprint density at radius 1 is 1.28 bits per heavy atom. The molecule has 9 heteroatoms. The van der Waals surface area contributed by atoms with E-state index in [1.54, 1.807) is 7.05 Å². The summed E-state index contributed by atoms with van der Waals surface area (Å²) >= 11 is 7.44. The molecule has 0 spiro atoms. The highest BCUT2D eigenvalue weighted by Crippen LogP contribution is 2.21. The summed E-state index contributed by atoms with van der Waals surface area (Å²) in [4.78, 5) is 26.6. The third-order valence-corrected chi connectivity index (χ3v) is 5.61. The average Bonchev–Trinajstić information content (AvgIpc) is 3.04. The third kappa shape index (κ3) is 5.29. The third-order valence-electron chi connectivity index (χ3n) is 3.31. The van der Waals surface area contributed by atoms with Crippen LogP contribution in [-0.2, 0) is 25.9 Å². The molecule has 1 amide bonds. The molecule has 0 N–H and O–H groups in total. The molecule has 0 saturated heterocycles. The van der Waals surface area contributed by atoms with E-state index in [1.807, 2.05) is 17.5 Å². The van der Waals surface area contributed by atoms with Crippen LogP contribution in [0.25, 0.3) is 0 Å². The highest BCUT2D eigenvalue weighted by molar-refractivity contribution is 7.90. The standard InChI is InChI=1S/C16H16ClNO5S2/c1-18(9-11-4-3-7-24-11)15(19)10-23-16(20)13-8-12(25(2,21)22)5-6-14(13)17/h3-8H,9-10H2,1-2H3. The predicted molar refractivity (Wildman–Crippen MR) is 95.6 cm³/mol. The lowest BCUT2D eigenvalue weighted by Gasteiger charge is -2.16. The van der Waals surface area contributed by atoms with Gasteiger partial charge in [0, 0.05) is 18.2 Å².